The fourth-order valence-corrected chi connectivity index (χ4v) is 3.57. The highest BCUT2D eigenvalue weighted by Gasteiger charge is 2.16. The van der Waals surface area contributed by atoms with E-state index in [1.165, 1.54) is 30.0 Å². The minimum Gasteiger partial charge on any atom is -0.345 e. The zero-order valence-corrected chi connectivity index (χ0v) is 17.2. The third-order valence-electron chi connectivity index (χ3n) is 4.30. The SMILES string of the molecule is C=CCn1c(CNC(=O)c2ccccc2F)nnc1SCC(=O)c1ccc(C#N)cc1. The molecule has 1 aromatic heterocycles. The van der Waals surface area contributed by atoms with Gasteiger partial charge in [0.25, 0.3) is 5.91 Å². The molecule has 0 spiro atoms. The lowest BCUT2D eigenvalue weighted by atomic mass is 10.1. The number of hydrogen-bond donors (Lipinski definition) is 1. The lowest BCUT2D eigenvalue weighted by Crippen LogP contribution is -2.25. The van der Waals surface area contributed by atoms with Gasteiger partial charge in [0.05, 0.1) is 29.5 Å². The average Bonchev–Trinajstić information content (AvgIpc) is 3.18. The molecule has 156 valence electrons. The van der Waals surface area contributed by atoms with Crippen LogP contribution in [-0.2, 0) is 13.1 Å². The lowest BCUT2D eigenvalue weighted by Gasteiger charge is -2.09. The molecule has 0 radical (unpaired) electrons. The third kappa shape index (κ3) is 5.43. The molecule has 1 amide bonds. The van der Waals surface area contributed by atoms with Crippen LogP contribution in [0.1, 0.15) is 32.1 Å². The number of nitrogens with one attached hydrogen (secondary N) is 1. The van der Waals surface area contributed by atoms with Crippen LogP contribution in [0.25, 0.3) is 0 Å². The van der Waals surface area contributed by atoms with E-state index in [4.69, 9.17) is 5.26 Å². The van der Waals surface area contributed by atoms with Crippen molar-refractivity contribution in [1.82, 2.24) is 20.1 Å². The van der Waals surface area contributed by atoms with Gasteiger partial charge in [0, 0.05) is 12.1 Å². The average molecular weight is 435 g/mol. The molecule has 0 aliphatic heterocycles. The minimum absolute atomic E-state index is 0.0398. The van der Waals surface area contributed by atoms with Gasteiger partial charge in [0.15, 0.2) is 16.8 Å². The number of carbonyl (C=O) groups excluding carboxylic acids is 2. The number of benzene rings is 2. The molecule has 7 nitrogen and oxygen atoms in total. The number of nitrogens with zero attached hydrogens (tertiary/aromatic N) is 4. The maximum Gasteiger partial charge on any atom is 0.254 e. The third-order valence-corrected chi connectivity index (χ3v) is 5.27. The molecule has 0 atom stereocenters. The molecule has 31 heavy (non-hydrogen) atoms. The number of rotatable bonds is 9. The number of nitriles is 1. The summed E-state index contributed by atoms with van der Waals surface area (Å²) in [6, 6.07) is 14.1. The number of amides is 1. The number of hydrogen-bond acceptors (Lipinski definition) is 6. The first-order chi connectivity index (χ1) is 15.0. The van der Waals surface area contributed by atoms with E-state index in [1.807, 2.05) is 6.07 Å². The summed E-state index contributed by atoms with van der Waals surface area (Å²) in [6.45, 7) is 4.14. The molecule has 1 N–H and O–H groups in total. The molecule has 2 aromatic carbocycles. The molecule has 0 fully saturated rings. The Balaban J connectivity index is 1.66. The van der Waals surface area contributed by atoms with Crippen LogP contribution in [-0.4, -0.2) is 32.2 Å². The number of Topliss-reactive ketones (excluding diaryl/α,β-unsaturated/α-hetero) is 1. The standard InChI is InChI=1S/C22H18FN5O2S/c1-2-11-28-20(13-25-21(30)17-5-3-4-6-18(17)23)26-27-22(28)31-14-19(29)16-9-7-15(12-24)8-10-16/h2-10H,1,11,13-14H2,(H,25,30). The number of aromatic nitrogens is 3. The summed E-state index contributed by atoms with van der Waals surface area (Å²) >= 11 is 1.21. The summed E-state index contributed by atoms with van der Waals surface area (Å²) in [4.78, 5) is 24.7. The van der Waals surface area contributed by atoms with E-state index < -0.39 is 11.7 Å². The van der Waals surface area contributed by atoms with Gasteiger partial charge >= 0.3 is 0 Å². The summed E-state index contributed by atoms with van der Waals surface area (Å²) in [5.41, 5.74) is 0.926. The first kappa shape index (κ1) is 21.9. The van der Waals surface area contributed by atoms with Crippen LogP contribution in [0.2, 0.25) is 0 Å². The van der Waals surface area contributed by atoms with Crippen molar-refractivity contribution in [3.8, 4) is 6.07 Å². The summed E-state index contributed by atoms with van der Waals surface area (Å²) in [5, 5.41) is 20.2. The van der Waals surface area contributed by atoms with Crippen molar-refractivity contribution in [2.24, 2.45) is 0 Å². The van der Waals surface area contributed by atoms with Crippen LogP contribution >= 0.6 is 11.8 Å². The summed E-state index contributed by atoms with van der Waals surface area (Å²) in [5.74, 6) is -0.695. The molecule has 3 rings (SSSR count). The normalized spacial score (nSPS) is 10.3. The first-order valence-electron chi connectivity index (χ1n) is 9.25. The molecule has 0 aliphatic carbocycles. The Morgan fingerprint density at radius 1 is 1.19 bits per heavy atom. The van der Waals surface area contributed by atoms with Crippen LogP contribution < -0.4 is 5.32 Å². The summed E-state index contributed by atoms with van der Waals surface area (Å²) in [6.07, 6.45) is 1.65. The summed E-state index contributed by atoms with van der Waals surface area (Å²) < 4.78 is 15.5. The van der Waals surface area contributed by atoms with E-state index in [1.54, 1.807) is 41.0 Å². The molecule has 9 heteroatoms. The molecule has 0 saturated carbocycles. The first-order valence-corrected chi connectivity index (χ1v) is 10.2. The molecule has 0 unspecified atom stereocenters. The van der Waals surface area contributed by atoms with Crippen molar-refractivity contribution in [2.45, 2.75) is 18.2 Å². The van der Waals surface area contributed by atoms with Crippen LogP contribution in [0, 0.1) is 17.1 Å². The predicted octanol–water partition coefficient (Wildman–Crippen LogP) is 3.38. The number of allylic oxidation sites excluding steroid dienone is 1. The Kier molecular flexibility index (Phi) is 7.30. The van der Waals surface area contributed by atoms with E-state index in [-0.39, 0.29) is 23.6 Å². The molecular formula is C22H18FN5O2S. The maximum absolute atomic E-state index is 13.8. The lowest BCUT2D eigenvalue weighted by molar-refractivity contribution is 0.0944. The van der Waals surface area contributed by atoms with E-state index >= 15 is 0 Å². The molecule has 1 heterocycles. The monoisotopic (exact) mass is 435 g/mol. The number of carbonyl (C=O) groups is 2. The zero-order valence-electron chi connectivity index (χ0n) is 16.4. The van der Waals surface area contributed by atoms with E-state index in [2.05, 4.69) is 22.1 Å². The molecule has 3 aromatic rings. The molecule has 0 bridgehead atoms. The van der Waals surface area contributed by atoms with Crippen LogP contribution in [0.5, 0.6) is 0 Å². The highest BCUT2D eigenvalue weighted by Crippen LogP contribution is 2.19. The van der Waals surface area contributed by atoms with Gasteiger partial charge in [0.2, 0.25) is 0 Å². The van der Waals surface area contributed by atoms with E-state index in [0.717, 1.165) is 0 Å². The smallest absolute Gasteiger partial charge is 0.254 e. The van der Waals surface area contributed by atoms with Gasteiger partial charge in [-0.25, -0.2) is 4.39 Å². The Morgan fingerprint density at radius 2 is 1.94 bits per heavy atom. The topological polar surface area (TPSA) is 101 Å². The fraction of sp³-hybridized carbons (Fsp3) is 0.136. The minimum atomic E-state index is -0.606. The second-order valence-electron chi connectivity index (χ2n) is 6.36. The Bertz CT molecular complexity index is 1150. The van der Waals surface area contributed by atoms with Crippen molar-refractivity contribution in [3.63, 3.8) is 0 Å². The zero-order chi connectivity index (χ0) is 22.2. The van der Waals surface area contributed by atoms with Crippen LogP contribution in [0.4, 0.5) is 4.39 Å². The fourth-order valence-electron chi connectivity index (χ4n) is 2.71. The van der Waals surface area contributed by atoms with Gasteiger partial charge in [-0.2, -0.15) is 5.26 Å². The number of thioether (sulfide) groups is 1. The van der Waals surface area contributed by atoms with Crippen LogP contribution in [0.15, 0.2) is 66.3 Å². The van der Waals surface area contributed by atoms with Gasteiger partial charge < -0.3 is 9.88 Å². The number of ketones is 1. The molecule has 0 saturated heterocycles. The van der Waals surface area contributed by atoms with E-state index in [9.17, 15) is 14.0 Å². The Labute approximate surface area is 182 Å². The second kappa shape index (κ2) is 10.3. The Morgan fingerprint density at radius 3 is 2.61 bits per heavy atom. The van der Waals surface area contributed by atoms with Crippen molar-refractivity contribution >= 4 is 23.5 Å². The largest absolute Gasteiger partial charge is 0.345 e. The van der Waals surface area contributed by atoms with Gasteiger partial charge in [-0.3, -0.25) is 9.59 Å². The Hall–Kier alpha value is -3.77. The van der Waals surface area contributed by atoms with Gasteiger partial charge in [-0.1, -0.05) is 42.1 Å². The van der Waals surface area contributed by atoms with Crippen molar-refractivity contribution in [3.05, 3.63) is 89.5 Å². The van der Waals surface area contributed by atoms with Crippen molar-refractivity contribution < 1.29 is 14.0 Å². The summed E-state index contributed by atoms with van der Waals surface area (Å²) in [7, 11) is 0. The molecular weight excluding hydrogens is 417 g/mol. The predicted molar refractivity (Wildman–Crippen MR) is 114 cm³/mol. The van der Waals surface area contributed by atoms with Gasteiger partial charge in [-0.05, 0) is 24.3 Å². The van der Waals surface area contributed by atoms with Crippen molar-refractivity contribution in [1.29, 1.82) is 5.26 Å². The van der Waals surface area contributed by atoms with E-state index in [0.29, 0.717) is 28.7 Å². The quantitative estimate of drug-likeness (QED) is 0.314. The highest BCUT2D eigenvalue weighted by molar-refractivity contribution is 7.99. The maximum atomic E-state index is 13.8. The second-order valence-corrected chi connectivity index (χ2v) is 7.30. The number of halogens is 1. The highest BCUT2D eigenvalue weighted by atomic mass is 32.2. The van der Waals surface area contributed by atoms with Crippen molar-refractivity contribution in [2.75, 3.05) is 5.75 Å². The van der Waals surface area contributed by atoms with Gasteiger partial charge in [-0.15, -0.1) is 16.8 Å². The molecule has 0 aliphatic rings. The van der Waals surface area contributed by atoms with Crippen LogP contribution in [0.3, 0.4) is 0 Å². The van der Waals surface area contributed by atoms with Gasteiger partial charge in [0.1, 0.15) is 5.82 Å².